The minimum atomic E-state index is -0.499. The quantitative estimate of drug-likeness (QED) is 0.886. The zero-order chi connectivity index (χ0) is 14.4. The summed E-state index contributed by atoms with van der Waals surface area (Å²) in [5, 5.41) is 10.9. The molecule has 3 N–H and O–H groups in total. The van der Waals surface area contributed by atoms with Crippen LogP contribution in [-0.2, 0) is 0 Å². The van der Waals surface area contributed by atoms with Gasteiger partial charge in [-0.3, -0.25) is 0 Å². The molecule has 1 aliphatic carbocycles. The maximum absolute atomic E-state index is 10.9. The van der Waals surface area contributed by atoms with Gasteiger partial charge >= 0.3 is 0 Å². The SMILES string of the molecule is COc1cccc(C(O)C2(CN)CCCCCCC2)c1. The van der Waals surface area contributed by atoms with E-state index in [-0.39, 0.29) is 5.41 Å². The Morgan fingerprint density at radius 1 is 1.20 bits per heavy atom. The van der Waals surface area contributed by atoms with Gasteiger partial charge in [-0.25, -0.2) is 0 Å². The van der Waals surface area contributed by atoms with Gasteiger partial charge < -0.3 is 15.6 Å². The van der Waals surface area contributed by atoms with Gasteiger partial charge in [-0.05, 0) is 30.5 Å². The van der Waals surface area contributed by atoms with Crippen LogP contribution in [-0.4, -0.2) is 18.8 Å². The molecule has 0 amide bonds. The first-order valence-corrected chi connectivity index (χ1v) is 7.74. The number of aliphatic hydroxyl groups excluding tert-OH is 1. The molecule has 1 saturated carbocycles. The van der Waals surface area contributed by atoms with Crippen LogP contribution in [0.25, 0.3) is 0 Å². The molecule has 0 aromatic heterocycles. The van der Waals surface area contributed by atoms with E-state index in [0.717, 1.165) is 37.0 Å². The van der Waals surface area contributed by atoms with Crippen molar-refractivity contribution in [3.8, 4) is 5.75 Å². The average Bonchev–Trinajstić information content (AvgIpc) is 2.47. The summed E-state index contributed by atoms with van der Waals surface area (Å²) in [7, 11) is 1.65. The summed E-state index contributed by atoms with van der Waals surface area (Å²) < 4.78 is 5.26. The zero-order valence-electron chi connectivity index (χ0n) is 12.5. The third kappa shape index (κ3) is 3.33. The minimum absolute atomic E-state index is 0.174. The van der Waals surface area contributed by atoms with Crippen LogP contribution in [0.3, 0.4) is 0 Å². The molecule has 1 aromatic rings. The van der Waals surface area contributed by atoms with Crippen LogP contribution in [0.5, 0.6) is 5.75 Å². The fraction of sp³-hybridized carbons (Fsp3) is 0.647. The van der Waals surface area contributed by atoms with Crippen LogP contribution in [0.15, 0.2) is 24.3 Å². The highest BCUT2D eigenvalue weighted by Gasteiger charge is 2.37. The van der Waals surface area contributed by atoms with Crippen molar-refractivity contribution >= 4 is 0 Å². The van der Waals surface area contributed by atoms with Crippen LogP contribution in [0.1, 0.15) is 56.6 Å². The Labute approximate surface area is 122 Å². The second-order valence-corrected chi connectivity index (χ2v) is 6.01. The molecule has 0 bridgehead atoms. The van der Waals surface area contributed by atoms with E-state index < -0.39 is 6.10 Å². The Bertz CT molecular complexity index is 411. The zero-order valence-corrected chi connectivity index (χ0v) is 12.5. The Hall–Kier alpha value is -1.06. The molecule has 20 heavy (non-hydrogen) atoms. The Morgan fingerprint density at radius 2 is 1.85 bits per heavy atom. The molecule has 3 nitrogen and oxygen atoms in total. The largest absolute Gasteiger partial charge is 0.497 e. The van der Waals surface area contributed by atoms with Gasteiger partial charge in [0, 0.05) is 12.0 Å². The van der Waals surface area contributed by atoms with Crippen molar-refractivity contribution < 1.29 is 9.84 Å². The minimum Gasteiger partial charge on any atom is -0.497 e. The number of hydrogen-bond acceptors (Lipinski definition) is 3. The second kappa shape index (κ2) is 7.09. The Kier molecular flexibility index (Phi) is 5.44. The van der Waals surface area contributed by atoms with Crippen LogP contribution in [0, 0.1) is 5.41 Å². The lowest BCUT2D eigenvalue weighted by atomic mass is 9.70. The van der Waals surface area contributed by atoms with E-state index in [9.17, 15) is 5.11 Å². The molecule has 0 radical (unpaired) electrons. The first-order chi connectivity index (χ1) is 9.72. The van der Waals surface area contributed by atoms with Crippen LogP contribution in [0.2, 0.25) is 0 Å². The summed E-state index contributed by atoms with van der Waals surface area (Å²) in [6, 6.07) is 7.75. The van der Waals surface area contributed by atoms with E-state index in [1.807, 2.05) is 24.3 Å². The summed E-state index contributed by atoms with van der Waals surface area (Å²) in [4.78, 5) is 0. The second-order valence-electron chi connectivity index (χ2n) is 6.01. The lowest BCUT2D eigenvalue weighted by molar-refractivity contribution is 0.00837. The molecule has 2 rings (SSSR count). The van der Waals surface area contributed by atoms with Crippen molar-refractivity contribution in [1.29, 1.82) is 0 Å². The normalized spacial score (nSPS) is 20.8. The van der Waals surface area contributed by atoms with Crippen LogP contribution in [0.4, 0.5) is 0 Å². The number of rotatable bonds is 4. The summed E-state index contributed by atoms with van der Waals surface area (Å²) in [5.41, 5.74) is 6.83. The molecule has 0 aliphatic heterocycles. The maximum Gasteiger partial charge on any atom is 0.119 e. The summed E-state index contributed by atoms with van der Waals surface area (Å²) >= 11 is 0. The molecule has 1 aromatic carbocycles. The molecule has 1 fully saturated rings. The fourth-order valence-corrected chi connectivity index (χ4v) is 3.36. The van der Waals surface area contributed by atoms with Gasteiger partial charge in [0.25, 0.3) is 0 Å². The lowest BCUT2D eigenvalue weighted by Crippen LogP contribution is -2.37. The third-order valence-electron chi connectivity index (χ3n) is 4.75. The van der Waals surface area contributed by atoms with E-state index in [4.69, 9.17) is 10.5 Å². The van der Waals surface area contributed by atoms with Gasteiger partial charge in [0.05, 0.1) is 13.2 Å². The highest BCUT2D eigenvalue weighted by Crippen LogP contribution is 2.44. The number of aliphatic hydroxyl groups is 1. The highest BCUT2D eigenvalue weighted by molar-refractivity contribution is 5.31. The number of benzene rings is 1. The predicted octanol–water partition coefficient (Wildman–Crippen LogP) is 3.42. The van der Waals surface area contributed by atoms with Gasteiger partial charge in [0.2, 0.25) is 0 Å². The number of ether oxygens (including phenoxy) is 1. The molecular weight excluding hydrogens is 250 g/mol. The summed E-state index contributed by atoms with van der Waals surface area (Å²) in [6.45, 7) is 0.547. The molecular formula is C17H27NO2. The lowest BCUT2D eigenvalue weighted by Gasteiger charge is -2.39. The smallest absolute Gasteiger partial charge is 0.119 e. The molecule has 3 heteroatoms. The fourth-order valence-electron chi connectivity index (χ4n) is 3.36. The summed E-state index contributed by atoms with van der Waals surface area (Å²) in [6.07, 6.45) is 7.69. The van der Waals surface area contributed by atoms with Crippen LogP contribution < -0.4 is 10.5 Å². The van der Waals surface area contributed by atoms with E-state index >= 15 is 0 Å². The first kappa shape index (κ1) is 15.3. The van der Waals surface area contributed by atoms with Crippen molar-refractivity contribution in [2.24, 2.45) is 11.1 Å². The number of nitrogens with two attached hydrogens (primary N) is 1. The Morgan fingerprint density at radius 3 is 2.45 bits per heavy atom. The monoisotopic (exact) mass is 277 g/mol. The number of methoxy groups -OCH3 is 1. The molecule has 112 valence electrons. The topological polar surface area (TPSA) is 55.5 Å². The van der Waals surface area contributed by atoms with Crippen LogP contribution >= 0.6 is 0 Å². The van der Waals surface area contributed by atoms with Gasteiger partial charge in [0.15, 0.2) is 0 Å². The maximum atomic E-state index is 10.9. The van der Waals surface area contributed by atoms with E-state index in [2.05, 4.69) is 0 Å². The Balaban J connectivity index is 2.23. The predicted molar refractivity (Wildman–Crippen MR) is 81.8 cm³/mol. The van der Waals surface area contributed by atoms with E-state index in [0.29, 0.717) is 6.54 Å². The van der Waals surface area contributed by atoms with E-state index in [1.165, 1.54) is 19.3 Å². The van der Waals surface area contributed by atoms with Gasteiger partial charge in [-0.1, -0.05) is 44.2 Å². The molecule has 1 unspecified atom stereocenters. The molecule has 1 atom stereocenters. The highest BCUT2D eigenvalue weighted by atomic mass is 16.5. The van der Waals surface area contributed by atoms with Crippen molar-refractivity contribution in [1.82, 2.24) is 0 Å². The molecule has 0 spiro atoms. The van der Waals surface area contributed by atoms with Crippen molar-refractivity contribution in [3.05, 3.63) is 29.8 Å². The standard InChI is InChI=1S/C17H27NO2/c1-20-15-9-7-8-14(12-15)16(19)17(13-18)10-5-3-2-4-6-11-17/h7-9,12,16,19H,2-6,10-11,13,18H2,1H3. The van der Waals surface area contributed by atoms with Gasteiger partial charge in [-0.2, -0.15) is 0 Å². The van der Waals surface area contributed by atoms with Crippen molar-refractivity contribution in [2.45, 2.75) is 51.0 Å². The molecule has 0 saturated heterocycles. The number of hydrogen-bond donors (Lipinski definition) is 2. The molecule has 0 heterocycles. The van der Waals surface area contributed by atoms with Gasteiger partial charge in [-0.15, -0.1) is 0 Å². The molecule has 1 aliphatic rings. The first-order valence-electron chi connectivity index (χ1n) is 7.74. The van der Waals surface area contributed by atoms with E-state index in [1.54, 1.807) is 7.11 Å². The summed E-state index contributed by atoms with van der Waals surface area (Å²) in [5.74, 6) is 0.791. The third-order valence-corrected chi connectivity index (χ3v) is 4.75. The van der Waals surface area contributed by atoms with Gasteiger partial charge in [0.1, 0.15) is 5.75 Å². The van der Waals surface area contributed by atoms with Crippen molar-refractivity contribution in [3.63, 3.8) is 0 Å². The average molecular weight is 277 g/mol. The van der Waals surface area contributed by atoms with Crippen molar-refractivity contribution in [2.75, 3.05) is 13.7 Å².